The number of carbonyl (C=O) groups excluding carboxylic acids is 4. The van der Waals surface area contributed by atoms with E-state index >= 15 is 0 Å². The zero-order chi connectivity index (χ0) is 25.6. The fraction of sp³-hybridized carbons (Fsp3) is 0.333. The van der Waals surface area contributed by atoms with Crippen LogP contribution in [-0.4, -0.2) is 42.9 Å². The molecule has 186 valence electrons. The number of esters is 2. The van der Waals surface area contributed by atoms with Crippen molar-refractivity contribution in [3.63, 3.8) is 0 Å². The van der Waals surface area contributed by atoms with Gasteiger partial charge in [-0.2, -0.15) is 0 Å². The molecule has 0 radical (unpaired) electrons. The Morgan fingerprint density at radius 1 is 1.06 bits per heavy atom. The Bertz CT molecular complexity index is 1110. The summed E-state index contributed by atoms with van der Waals surface area (Å²) in [6, 6.07) is 7.67. The molecule has 1 aromatic carbocycles. The molecular formula is C24H27N3O8. The van der Waals surface area contributed by atoms with Crippen molar-refractivity contribution in [3.8, 4) is 0 Å². The lowest BCUT2D eigenvalue weighted by Gasteiger charge is -2.27. The van der Waals surface area contributed by atoms with Gasteiger partial charge < -0.3 is 29.3 Å². The van der Waals surface area contributed by atoms with Gasteiger partial charge in [0.25, 0.3) is 0 Å². The second-order valence-electron chi connectivity index (χ2n) is 8.44. The van der Waals surface area contributed by atoms with E-state index in [4.69, 9.17) is 18.6 Å². The SMILES string of the molecule is CCOC(=O)C1=C(COC(=O)c2ccc(NC(=O)OC(C)(C)C)cc2)NC(=O)NC1c1ccco1. The standard InChI is InChI=1S/C24H27N3O8/c1-5-32-21(29)18-16(26-22(30)27-19(18)17-7-6-12-33-17)13-34-20(28)14-8-10-15(11-9-14)25-23(31)35-24(2,3)4/h6-12,19H,5,13H2,1-4H3,(H,25,31)(H2,26,27,30). The van der Waals surface area contributed by atoms with Gasteiger partial charge in [0, 0.05) is 5.69 Å². The van der Waals surface area contributed by atoms with Gasteiger partial charge in [-0.25, -0.2) is 19.2 Å². The average Bonchev–Trinajstić information content (AvgIpc) is 3.31. The molecule has 11 heteroatoms. The van der Waals surface area contributed by atoms with Crippen LogP contribution in [0.5, 0.6) is 0 Å². The highest BCUT2D eigenvalue weighted by molar-refractivity contribution is 5.95. The zero-order valence-electron chi connectivity index (χ0n) is 19.8. The minimum atomic E-state index is -0.912. The van der Waals surface area contributed by atoms with Crippen LogP contribution < -0.4 is 16.0 Å². The number of amides is 3. The van der Waals surface area contributed by atoms with Gasteiger partial charge in [-0.15, -0.1) is 0 Å². The predicted molar refractivity (Wildman–Crippen MR) is 123 cm³/mol. The molecule has 0 saturated heterocycles. The first kappa shape index (κ1) is 25.3. The van der Waals surface area contributed by atoms with Crippen LogP contribution in [0, 0.1) is 0 Å². The summed E-state index contributed by atoms with van der Waals surface area (Å²) in [7, 11) is 0. The van der Waals surface area contributed by atoms with Gasteiger partial charge in [0.15, 0.2) is 0 Å². The maximum absolute atomic E-state index is 12.6. The monoisotopic (exact) mass is 485 g/mol. The normalized spacial score (nSPS) is 15.5. The van der Waals surface area contributed by atoms with Crippen molar-refractivity contribution >= 4 is 29.8 Å². The van der Waals surface area contributed by atoms with Crippen LogP contribution in [0.1, 0.15) is 49.9 Å². The fourth-order valence-electron chi connectivity index (χ4n) is 3.18. The summed E-state index contributed by atoms with van der Waals surface area (Å²) in [5.41, 5.74) is 0.109. The molecule has 1 aliphatic heterocycles. The largest absolute Gasteiger partial charge is 0.467 e. The highest BCUT2D eigenvalue weighted by Gasteiger charge is 2.35. The van der Waals surface area contributed by atoms with Crippen LogP contribution >= 0.6 is 0 Å². The number of rotatable bonds is 7. The Balaban J connectivity index is 1.72. The van der Waals surface area contributed by atoms with Crippen molar-refractivity contribution in [2.24, 2.45) is 0 Å². The average molecular weight is 485 g/mol. The summed E-state index contributed by atoms with van der Waals surface area (Å²) in [5, 5.41) is 7.67. The number of benzene rings is 1. The van der Waals surface area contributed by atoms with Crippen LogP contribution in [0.4, 0.5) is 15.3 Å². The van der Waals surface area contributed by atoms with Crippen LogP contribution in [0.2, 0.25) is 0 Å². The molecule has 3 N–H and O–H groups in total. The molecule has 2 aromatic rings. The van der Waals surface area contributed by atoms with Crippen LogP contribution in [-0.2, 0) is 19.0 Å². The van der Waals surface area contributed by atoms with Gasteiger partial charge in [-0.1, -0.05) is 0 Å². The number of urea groups is 1. The minimum Gasteiger partial charge on any atom is -0.467 e. The number of anilines is 1. The molecule has 0 aliphatic carbocycles. The maximum Gasteiger partial charge on any atom is 0.412 e. The second-order valence-corrected chi connectivity index (χ2v) is 8.44. The lowest BCUT2D eigenvalue weighted by molar-refractivity contribution is -0.139. The Morgan fingerprint density at radius 2 is 1.77 bits per heavy atom. The van der Waals surface area contributed by atoms with Gasteiger partial charge in [0.2, 0.25) is 0 Å². The second kappa shape index (κ2) is 10.8. The van der Waals surface area contributed by atoms with E-state index in [2.05, 4.69) is 16.0 Å². The number of carbonyl (C=O) groups is 4. The number of hydrogen-bond acceptors (Lipinski definition) is 8. The molecule has 1 aliphatic rings. The zero-order valence-corrected chi connectivity index (χ0v) is 19.8. The van der Waals surface area contributed by atoms with Crippen LogP contribution in [0.3, 0.4) is 0 Å². The number of hydrogen-bond donors (Lipinski definition) is 3. The molecule has 2 heterocycles. The molecular weight excluding hydrogens is 458 g/mol. The number of nitrogens with one attached hydrogen (secondary N) is 3. The van der Waals surface area contributed by atoms with E-state index in [0.29, 0.717) is 11.4 Å². The van der Waals surface area contributed by atoms with E-state index in [-0.39, 0.29) is 23.4 Å². The summed E-state index contributed by atoms with van der Waals surface area (Å²) in [4.78, 5) is 49.3. The molecule has 35 heavy (non-hydrogen) atoms. The first-order valence-electron chi connectivity index (χ1n) is 10.9. The van der Waals surface area contributed by atoms with Crippen molar-refractivity contribution < 1.29 is 37.8 Å². The van der Waals surface area contributed by atoms with Gasteiger partial charge in [-0.05, 0) is 64.1 Å². The van der Waals surface area contributed by atoms with Crippen molar-refractivity contribution in [1.82, 2.24) is 10.6 Å². The van der Waals surface area contributed by atoms with Gasteiger partial charge in [-0.3, -0.25) is 5.32 Å². The lowest BCUT2D eigenvalue weighted by atomic mass is 10.0. The fourth-order valence-corrected chi connectivity index (χ4v) is 3.18. The molecule has 0 bridgehead atoms. The lowest BCUT2D eigenvalue weighted by Crippen LogP contribution is -2.47. The molecule has 1 unspecified atom stereocenters. The van der Waals surface area contributed by atoms with Crippen molar-refractivity contribution in [1.29, 1.82) is 0 Å². The first-order chi connectivity index (χ1) is 16.6. The summed E-state index contributed by atoms with van der Waals surface area (Å²) in [6.07, 6.45) is 0.784. The third kappa shape index (κ3) is 6.85. The molecule has 0 fully saturated rings. The van der Waals surface area contributed by atoms with Crippen molar-refractivity contribution in [3.05, 3.63) is 65.3 Å². The minimum absolute atomic E-state index is 0.0612. The molecule has 0 spiro atoms. The first-order valence-corrected chi connectivity index (χ1v) is 10.9. The Labute approximate surface area is 201 Å². The predicted octanol–water partition coefficient (Wildman–Crippen LogP) is 3.65. The van der Waals surface area contributed by atoms with E-state index < -0.39 is 42.3 Å². The van der Waals surface area contributed by atoms with E-state index in [0.717, 1.165) is 0 Å². The van der Waals surface area contributed by atoms with Crippen LogP contribution in [0.15, 0.2) is 58.3 Å². The van der Waals surface area contributed by atoms with Gasteiger partial charge in [0.1, 0.15) is 24.0 Å². The number of furan rings is 1. The summed E-state index contributed by atoms with van der Waals surface area (Å²) >= 11 is 0. The maximum atomic E-state index is 12.6. The van der Waals surface area contributed by atoms with Crippen molar-refractivity contribution in [2.45, 2.75) is 39.3 Å². The molecule has 3 amide bonds. The Morgan fingerprint density at radius 3 is 2.37 bits per heavy atom. The molecule has 1 atom stereocenters. The topological polar surface area (TPSA) is 145 Å². The van der Waals surface area contributed by atoms with E-state index in [9.17, 15) is 19.2 Å². The Hall–Kier alpha value is -4.28. The van der Waals surface area contributed by atoms with Gasteiger partial charge in [0.05, 0.1) is 29.7 Å². The Kier molecular flexibility index (Phi) is 7.80. The third-order valence-electron chi connectivity index (χ3n) is 4.59. The smallest absolute Gasteiger partial charge is 0.412 e. The van der Waals surface area contributed by atoms with E-state index in [1.165, 1.54) is 30.5 Å². The molecule has 11 nitrogen and oxygen atoms in total. The molecule has 1 aromatic heterocycles. The molecule has 3 rings (SSSR count). The highest BCUT2D eigenvalue weighted by atomic mass is 16.6. The van der Waals surface area contributed by atoms with E-state index in [1.807, 2.05) is 0 Å². The summed E-state index contributed by atoms with van der Waals surface area (Å²) in [6.45, 7) is 6.60. The number of ether oxygens (including phenoxy) is 3. The highest BCUT2D eigenvalue weighted by Crippen LogP contribution is 2.28. The van der Waals surface area contributed by atoms with Gasteiger partial charge >= 0.3 is 24.1 Å². The molecule has 0 saturated carbocycles. The summed E-state index contributed by atoms with van der Waals surface area (Å²) in [5.74, 6) is -1.07. The van der Waals surface area contributed by atoms with Crippen LogP contribution in [0.25, 0.3) is 0 Å². The quantitative estimate of drug-likeness (QED) is 0.398. The van der Waals surface area contributed by atoms with E-state index in [1.54, 1.807) is 39.8 Å². The van der Waals surface area contributed by atoms with Crippen molar-refractivity contribution in [2.75, 3.05) is 18.5 Å². The third-order valence-corrected chi connectivity index (χ3v) is 4.59. The summed E-state index contributed by atoms with van der Waals surface area (Å²) < 4.78 is 21.0.